The number of carbonyl (C=O) groups excluding carboxylic acids is 1. The van der Waals surface area contributed by atoms with Gasteiger partial charge in [0.2, 0.25) is 0 Å². The first-order chi connectivity index (χ1) is 15.5. The van der Waals surface area contributed by atoms with Crippen molar-refractivity contribution in [1.29, 1.82) is 0 Å². The van der Waals surface area contributed by atoms with Crippen LogP contribution in [0.2, 0.25) is 0 Å². The number of thiazole rings is 1. The van der Waals surface area contributed by atoms with Crippen molar-refractivity contribution in [3.8, 4) is 0 Å². The number of hydrogen-bond donors (Lipinski definition) is 2. The van der Waals surface area contributed by atoms with Gasteiger partial charge in [-0.25, -0.2) is 9.37 Å². The van der Waals surface area contributed by atoms with Crippen molar-refractivity contribution >= 4 is 55.6 Å². The van der Waals surface area contributed by atoms with Gasteiger partial charge >= 0.3 is 0 Å². The summed E-state index contributed by atoms with van der Waals surface area (Å²) in [5.41, 5.74) is 4.42. The Balaban J connectivity index is 1.42. The predicted molar refractivity (Wildman–Crippen MR) is 130 cm³/mol. The molecular weight excluding hydrogens is 423 g/mol. The number of nitrogens with zero attached hydrogens (tertiary/aromatic N) is 2. The lowest BCUT2D eigenvalue weighted by Gasteiger charge is -2.06. The van der Waals surface area contributed by atoms with Gasteiger partial charge in [-0.1, -0.05) is 29.5 Å². The van der Waals surface area contributed by atoms with Gasteiger partial charge in [-0.05, 0) is 62.4 Å². The number of hydrogen-bond acceptors (Lipinski definition) is 4. The van der Waals surface area contributed by atoms with Crippen molar-refractivity contribution in [3.05, 3.63) is 83.1 Å². The number of amides is 1. The molecule has 5 rings (SSSR count). The van der Waals surface area contributed by atoms with Crippen LogP contribution in [-0.2, 0) is 6.54 Å². The maximum atomic E-state index is 13.1. The van der Waals surface area contributed by atoms with Crippen LogP contribution in [0, 0.1) is 12.7 Å². The number of nitrogens with one attached hydrogen (secondary N) is 2. The largest absolute Gasteiger partial charge is 0.341 e. The fraction of sp³-hybridized carbons (Fsp3) is 0.120. The van der Waals surface area contributed by atoms with E-state index < -0.39 is 0 Å². The van der Waals surface area contributed by atoms with Crippen LogP contribution in [0.5, 0.6) is 0 Å². The van der Waals surface area contributed by atoms with Crippen LogP contribution in [0.25, 0.3) is 21.8 Å². The maximum absolute atomic E-state index is 13.1. The van der Waals surface area contributed by atoms with Crippen molar-refractivity contribution in [1.82, 2.24) is 9.55 Å². The third kappa shape index (κ3) is 3.61. The standard InChI is InChI=1S/C25H21FN4OS/c1-3-30-21-7-5-4-6-19(21)20-14-18(12-13-22(20)30)28-24(31)23-15(2)27-25(32-23)29-17-10-8-16(26)9-11-17/h4-14H,3H2,1-2H3,(H,27,29)(H,28,31). The number of aryl methyl sites for hydroxylation is 2. The zero-order valence-electron chi connectivity index (χ0n) is 17.6. The van der Waals surface area contributed by atoms with E-state index in [-0.39, 0.29) is 11.7 Å². The summed E-state index contributed by atoms with van der Waals surface area (Å²) in [6, 6.07) is 20.3. The van der Waals surface area contributed by atoms with Crippen LogP contribution in [0.1, 0.15) is 22.3 Å². The molecule has 2 N–H and O–H groups in total. The lowest BCUT2D eigenvalue weighted by Crippen LogP contribution is -2.11. The quantitative estimate of drug-likeness (QED) is 0.317. The Labute approximate surface area is 188 Å². The van der Waals surface area contributed by atoms with Crippen molar-refractivity contribution in [3.63, 3.8) is 0 Å². The molecule has 0 unspecified atom stereocenters. The number of anilines is 3. The number of halogens is 1. The number of fused-ring (bicyclic) bond motifs is 3. The van der Waals surface area contributed by atoms with Gasteiger partial charge in [-0.3, -0.25) is 4.79 Å². The van der Waals surface area contributed by atoms with E-state index in [1.807, 2.05) is 24.3 Å². The molecule has 0 saturated carbocycles. The molecule has 0 spiro atoms. The summed E-state index contributed by atoms with van der Waals surface area (Å²) < 4.78 is 15.4. The van der Waals surface area contributed by atoms with Crippen LogP contribution >= 0.6 is 11.3 Å². The molecule has 5 nitrogen and oxygen atoms in total. The third-order valence-corrected chi connectivity index (χ3v) is 6.52. The van der Waals surface area contributed by atoms with Gasteiger partial charge in [0.1, 0.15) is 10.7 Å². The normalized spacial score (nSPS) is 11.2. The van der Waals surface area contributed by atoms with E-state index >= 15 is 0 Å². The minimum atomic E-state index is -0.301. The van der Waals surface area contributed by atoms with E-state index in [2.05, 4.69) is 45.3 Å². The molecule has 0 aliphatic heterocycles. The second-order valence-electron chi connectivity index (χ2n) is 7.51. The first-order valence-electron chi connectivity index (χ1n) is 10.4. The second kappa shape index (κ2) is 8.09. The Morgan fingerprint density at radius 1 is 1.00 bits per heavy atom. The Kier molecular flexibility index (Phi) is 5.11. The molecule has 32 heavy (non-hydrogen) atoms. The molecule has 0 fully saturated rings. The minimum absolute atomic E-state index is 0.203. The van der Waals surface area contributed by atoms with E-state index in [0.717, 1.165) is 23.1 Å². The first kappa shape index (κ1) is 20.2. The second-order valence-corrected chi connectivity index (χ2v) is 8.51. The van der Waals surface area contributed by atoms with Crippen LogP contribution in [0.3, 0.4) is 0 Å². The van der Waals surface area contributed by atoms with Crippen LogP contribution in [-0.4, -0.2) is 15.5 Å². The summed E-state index contributed by atoms with van der Waals surface area (Å²) in [4.78, 5) is 18.0. The Morgan fingerprint density at radius 2 is 1.72 bits per heavy atom. The summed E-state index contributed by atoms with van der Waals surface area (Å²) in [5.74, 6) is -0.504. The highest BCUT2D eigenvalue weighted by Crippen LogP contribution is 2.32. The van der Waals surface area contributed by atoms with Gasteiger partial charge in [0.25, 0.3) is 5.91 Å². The molecule has 0 atom stereocenters. The molecule has 0 radical (unpaired) electrons. The molecule has 7 heteroatoms. The molecule has 3 aromatic carbocycles. The van der Waals surface area contributed by atoms with Crippen molar-refractivity contribution in [2.75, 3.05) is 10.6 Å². The van der Waals surface area contributed by atoms with Crippen LogP contribution < -0.4 is 10.6 Å². The molecule has 1 amide bonds. The highest BCUT2D eigenvalue weighted by molar-refractivity contribution is 7.17. The molecule has 0 bridgehead atoms. The summed E-state index contributed by atoms with van der Waals surface area (Å²) in [6.07, 6.45) is 0. The summed E-state index contributed by atoms with van der Waals surface area (Å²) in [7, 11) is 0. The van der Waals surface area contributed by atoms with E-state index in [4.69, 9.17) is 0 Å². The zero-order chi connectivity index (χ0) is 22.2. The Morgan fingerprint density at radius 3 is 2.50 bits per heavy atom. The van der Waals surface area contributed by atoms with Gasteiger partial charge in [0, 0.05) is 39.7 Å². The van der Waals surface area contributed by atoms with E-state index in [0.29, 0.717) is 21.4 Å². The van der Waals surface area contributed by atoms with Gasteiger partial charge in [0.15, 0.2) is 5.13 Å². The zero-order valence-corrected chi connectivity index (χ0v) is 18.5. The summed E-state index contributed by atoms with van der Waals surface area (Å²) in [6.45, 7) is 4.81. The molecule has 0 aliphatic rings. The van der Waals surface area contributed by atoms with E-state index in [1.165, 1.54) is 34.4 Å². The molecule has 0 aliphatic carbocycles. The predicted octanol–water partition coefficient (Wildman–Crippen LogP) is 6.71. The molecule has 2 aromatic heterocycles. The molecule has 5 aromatic rings. The van der Waals surface area contributed by atoms with Gasteiger partial charge in [-0.2, -0.15) is 0 Å². The van der Waals surface area contributed by atoms with Gasteiger partial charge in [0.05, 0.1) is 5.69 Å². The van der Waals surface area contributed by atoms with Crippen LogP contribution in [0.4, 0.5) is 20.9 Å². The fourth-order valence-electron chi connectivity index (χ4n) is 3.98. The lowest BCUT2D eigenvalue weighted by atomic mass is 10.1. The van der Waals surface area contributed by atoms with Crippen LogP contribution in [0.15, 0.2) is 66.7 Å². The monoisotopic (exact) mass is 444 g/mol. The van der Waals surface area contributed by atoms with Gasteiger partial charge < -0.3 is 15.2 Å². The Bertz CT molecular complexity index is 1450. The molecule has 2 heterocycles. The maximum Gasteiger partial charge on any atom is 0.267 e. The smallest absolute Gasteiger partial charge is 0.267 e. The first-order valence-corrected chi connectivity index (χ1v) is 11.2. The number of aromatic nitrogens is 2. The highest BCUT2D eigenvalue weighted by Gasteiger charge is 2.17. The summed E-state index contributed by atoms with van der Waals surface area (Å²) >= 11 is 1.27. The lowest BCUT2D eigenvalue weighted by molar-refractivity contribution is 0.103. The van der Waals surface area contributed by atoms with E-state index in [9.17, 15) is 9.18 Å². The number of rotatable bonds is 5. The van der Waals surface area contributed by atoms with Crippen molar-refractivity contribution in [2.45, 2.75) is 20.4 Å². The average molecular weight is 445 g/mol. The number of para-hydroxylation sites is 1. The van der Waals surface area contributed by atoms with Crippen molar-refractivity contribution in [2.24, 2.45) is 0 Å². The molecule has 0 saturated heterocycles. The third-order valence-electron chi connectivity index (χ3n) is 5.44. The fourth-order valence-corrected chi connectivity index (χ4v) is 4.86. The van der Waals surface area contributed by atoms with E-state index in [1.54, 1.807) is 19.1 Å². The van der Waals surface area contributed by atoms with Gasteiger partial charge in [-0.15, -0.1) is 0 Å². The Hall–Kier alpha value is -3.71. The molecular formula is C25H21FN4OS. The number of carbonyl (C=O) groups is 1. The highest BCUT2D eigenvalue weighted by atomic mass is 32.1. The molecule has 160 valence electrons. The van der Waals surface area contributed by atoms with Crippen molar-refractivity contribution < 1.29 is 9.18 Å². The SMILES string of the molecule is CCn1c2ccccc2c2cc(NC(=O)c3sc(Nc4ccc(F)cc4)nc3C)ccc21. The average Bonchev–Trinajstić information content (AvgIpc) is 3.32. The topological polar surface area (TPSA) is 59.0 Å². The minimum Gasteiger partial charge on any atom is -0.341 e. The number of benzene rings is 3. The summed E-state index contributed by atoms with van der Waals surface area (Å²) in [5, 5.41) is 9.00.